The van der Waals surface area contributed by atoms with Gasteiger partial charge in [-0.25, -0.2) is 9.78 Å². The lowest BCUT2D eigenvalue weighted by Gasteiger charge is -2.29. The van der Waals surface area contributed by atoms with Crippen molar-refractivity contribution in [3.63, 3.8) is 0 Å². The molecule has 116 valence electrons. The van der Waals surface area contributed by atoms with Crippen LogP contribution in [0.25, 0.3) is 11.1 Å². The minimum absolute atomic E-state index is 0.389. The molecule has 1 aliphatic heterocycles. The minimum atomic E-state index is -0.389. The number of rotatable bonds is 3. The summed E-state index contributed by atoms with van der Waals surface area (Å²) in [6.07, 6.45) is 5.38. The van der Waals surface area contributed by atoms with Gasteiger partial charge in [-0.05, 0) is 6.07 Å². The molecule has 0 saturated carbocycles. The van der Waals surface area contributed by atoms with Gasteiger partial charge in [0.25, 0.3) is 0 Å². The van der Waals surface area contributed by atoms with E-state index in [2.05, 4.69) is 10.1 Å². The molecule has 0 amide bonds. The fourth-order valence-electron chi connectivity index (χ4n) is 2.47. The molecule has 0 spiro atoms. The van der Waals surface area contributed by atoms with Gasteiger partial charge in [-0.15, -0.1) is 0 Å². The first-order valence-corrected chi connectivity index (χ1v) is 7.09. The third-order valence-electron chi connectivity index (χ3n) is 3.62. The number of carbonyl (C=O) groups is 1. The van der Waals surface area contributed by atoms with Crippen LogP contribution in [0.3, 0.4) is 0 Å². The summed E-state index contributed by atoms with van der Waals surface area (Å²) >= 11 is 0. The molecular weight excluding hydrogens is 284 g/mol. The molecule has 0 bridgehead atoms. The van der Waals surface area contributed by atoms with E-state index in [0.29, 0.717) is 37.7 Å². The van der Waals surface area contributed by atoms with Crippen LogP contribution in [-0.4, -0.2) is 54.1 Å². The maximum atomic E-state index is 12.1. The summed E-state index contributed by atoms with van der Waals surface area (Å²) in [5.74, 6) is 0.252. The zero-order valence-electron chi connectivity index (χ0n) is 12.7. The van der Waals surface area contributed by atoms with Gasteiger partial charge in [0.2, 0.25) is 0 Å². The number of nitrogens with zero attached hydrogens (tertiary/aromatic N) is 4. The van der Waals surface area contributed by atoms with E-state index in [-0.39, 0.29) is 5.97 Å². The van der Waals surface area contributed by atoms with Gasteiger partial charge in [0.15, 0.2) is 0 Å². The first-order valence-electron chi connectivity index (χ1n) is 7.09. The number of methoxy groups -OCH3 is 1. The summed E-state index contributed by atoms with van der Waals surface area (Å²) in [5, 5.41) is 4.15. The average Bonchev–Trinajstić information content (AvgIpc) is 3.01. The maximum absolute atomic E-state index is 12.1. The number of carbonyl (C=O) groups excluding carboxylic acids is 1. The van der Waals surface area contributed by atoms with Gasteiger partial charge in [-0.3, -0.25) is 4.68 Å². The fraction of sp³-hybridized carbons (Fsp3) is 0.400. The largest absolute Gasteiger partial charge is 0.465 e. The minimum Gasteiger partial charge on any atom is -0.465 e. The second-order valence-corrected chi connectivity index (χ2v) is 5.09. The Kier molecular flexibility index (Phi) is 4.06. The van der Waals surface area contributed by atoms with Crippen molar-refractivity contribution in [2.24, 2.45) is 7.05 Å². The summed E-state index contributed by atoms with van der Waals surface area (Å²) in [5.41, 5.74) is 2.21. The van der Waals surface area contributed by atoms with Crippen LogP contribution in [0.1, 0.15) is 10.4 Å². The second kappa shape index (κ2) is 6.15. The zero-order chi connectivity index (χ0) is 15.5. The zero-order valence-corrected chi connectivity index (χ0v) is 12.7. The molecule has 1 saturated heterocycles. The van der Waals surface area contributed by atoms with Crippen molar-refractivity contribution in [1.29, 1.82) is 0 Å². The van der Waals surface area contributed by atoms with Crippen molar-refractivity contribution in [1.82, 2.24) is 14.8 Å². The summed E-state index contributed by atoms with van der Waals surface area (Å²) < 4.78 is 12.0. The summed E-state index contributed by atoms with van der Waals surface area (Å²) in [7, 11) is 3.22. The molecule has 3 rings (SSSR count). The summed E-state index contributed by atoms with van der Waals surface area (Å²) in [6, 6.07) is 1.81. The number of ether oxygens (including phenoxy) is 2. The average molecular weight is 302 g/mol. The van der Waals surface area contributed by atoms with Gasteiger partial charge in [-0.1, -0.05) is 0 Å². The van der Waals surface area contributed by atoms with Crippen LogP contribution in [0.2, 0.25) is 0 Å². The van der Waals surface area contributed by atoms with E-state index in [4.69, 9.17) is 9.47 Å². The van der Waals surface area contributed by atoms with Crippen molar-refractivity contribution in [3.05, 3.63) is 30.2 Å². The SMILES string of the molecule is COC(=O)c1cc(-c2cnn(C)c2)cnc1N1CCOCC1. The molecule has 1 aliphatic rings. The van der Waals surface area contributed by atoms with Crippen molar-refractivity contribution < 1.29 is 14.3 Å². The highest BCUT2D eigenvalue weighted by molar-refractivity contribution is 5.96. The number of anilines is 1. The number of hydrogen-bond donors (Lipinski definition) is 0. The Morgan fingerprint density at radius 2 is 2.05 bits per heavy atom. The monoisotopic (exact) mass is 302 g/mol. The third kappa shape index (κ3) is 2.80. The van der Waals surface area contributed by atoms with Crippen molar-refractivity contribution in [3.8, 4) is 11.1 Å². The molecule has 0 atom stereocenters. The Hall–Kier alpha value is -2.41. The van der Waals surface area contributed by atoms with Crippen LogP contribution < -0.4 is 4.90 Å². The van der Waals surface area contributed by atoms with Gasteiger partial charge in [-0.2, -0.15) is 5.10 Å². The first kappa shape index (κ1) is 14.5. The Bertz CT molecular complexity index is 677. The highest BCUT2D eigenvalue weighted by Gasteiger charge is 2.21. The van der Waals surface area contributed by atoms with Crippen molar-refractivity contribution in [2.75, 3.05) is 38.3 Å². The Morgan fingerprint density at radius 3 is 2.68 bits per heavy atom. The number of esters is 1. The van der Waals surface area contributed by atoms with E-state index < -0.39 is 0 Å². The highest BCUT2D eigenvalue weighted by atomic mass is 16.5. The Labute approximate surface area is 128 Å². The second-order valence-electron chi connectivity index (χ2n) is 5.09. The van der Waals surface area contributed by atoms with Crippen molar-refractivity contribution >= 4 is 11.8 Å². The van der Waals surface area contributed by atoms with Gasteiger partial charge in [0, 0.05) is 43.7 Å². The molecule has 0 radical (unpaired) electrons. The lowest BCUT2D eigenvalue weighted by molar-refractivity contribution is 0.0600. The Balaban J connectivity index is 2.01. The fourth-order valence-corrected chi connectivity index (χ4v) is 2.47. The van der Waals surface area contributed by atoms with Gasteiger partial charge in [0.05, 0.1) is 26.5 Å². The summed E-state index contributed by atoms with van der Waals surface area (Å²) in [4.78, 5) is 18.7. The molecular formula is C15H18N4O3. The smallest absolute Gasteiger partial charge is 0.341 e. The lowest BCUT2D eigenvalue weighted by atomic mass is 10.1. The van der Waals surface area contributed by atoms with Crippen LogP contribution >= 0.6 is 0 Å². The standard InChI is InChI=1S/C15H18N4O3/c1-18-10-12(9-17-18)11-7-13(15(20)21-2)14(16-8-11)19-3-5-22-6-4-19/h7-10H,3-6H2,1-2H3. The molecule has 22 heavy (non-hydrogen) atoms. The molecule has 7 nitrogen and oxygen atoms in total. The predicted molar refractivity (Wildman–Crippen MR) is 80.8 cm³/mol. The van der Waals surface area contributed by atoms with E-state index in [0.717, 1.165) is 11.1 Å². The van der Waals surface area contributed by atoms with E-state index in [1.807, 2.05) is 18.1 Å². The quantitative estimate of drug-likeness (QED) is 0.791. The molecule has 0 aromatic carbocycles. The molecule has 0 N–H and O–H groups in total. The van der Waals surface area contributed by atoms with Crippen LogP contribution in [0.5, 0.6) is 0 Å². The van der Waals surface area contributed by atoms with Gasteiger partial charge >= 0.3 is 5.97 Å². The number of pyridine rings is 1. The number of aromatic nitrogens is 3. The van der Waals surface area contributed by atoms with E-state index >= 15 is 0 Å². The Morgan fingerprint density at radius 1 is 1.27 bits per heavy atom. The van der Waals surface area contributed by atoms with E-state index in [9.17, 15) is 4.79 Å². The lowest BCUT2D eigenvalue weighted by Crippen LogP contribution is -2.37. The van der Waals surface area contributed by atoms with Crippen LogP contribution in [0.15, 0.2) is 24.7 Å². The first-order chi connectivity index (χ1) is 10.7. The third-order valence-corrected chi connectivity index (χ3v) is 3.62. The van der Waals surface area contributed by atoms with E-state index in [1.165, 1.54) is 7.11 Å². The summed E-state index contributed by atoms with van der Waals surface area (Å²) in [6.45, 7) is 2.69. The molecule has 0 unspecified atom stereocenters. The van der Waals surface area contributed by atoms with E-state index in [1.54, 1.807) is 23.1 Å². The van der Waals surface area contributed by atoms with Crippen LogP contribution in [0, 0.1) is 0 Å². The molecule has 2 aromatic rings. The predicted octanol–water partition coefficient (Wildman–Crippen LogP) is 1.11. The molecule has 2 aromatic heterocycles. The normalized spacial score (nSPS) is 14.9. The molecule has 3 heterocycles. The van der Waals surface area contributed by atoms with Crippen LogP contribution in [-0.2, 0) is 16.5 Å². The molecule has 0 aliphatic carbocycles. The van der Waals surface area contributed by atoms with Crippen LogP contribution in [0.4, 0.5) is 5.82 Å². The number of morpholine rings is 1. The maximum Gasteiger partial charge on any atom is 0.341 e. The molecule has 7 heteroatoms. The molecule has 1 fully saturated rings. The highest BCUT2D eigenvalue weighted by Crippen LogP contribution is 2.26. The van der Waals surface area contributed by atoms with Crippen molar-refractivity contribution in [2.45, 2.75) is 0 Å². The number of hydrogen-bond acceptors (Lipinski definition) is 6. The van der Waals surface area contributed by atoms with Gasteiger partial charge in [0.1, 0.15) is 11.4 Å². The topological polar surface area (TPSA) is 69.5 Å². The number of aryl methyl sites for hydroxylation is 1. The van der Waals surface area contributed by atoms with Gasteiger partial charge < -0.3 is 14.4 Å².